The zero-order chi connectivity index (χ0) is 27.0. The van der Waals surface area contributed by atoms with Crippen molar-refractivity contribution in [3.63, 3.8) is 0 Å². The number of halogens is 1. The van der Waals surface area contributed by atoms with E-state index < -0.39 is 27.4 Å². The summed E-state index contributed by atoms with van der Waals surface area (Å²) in [6.45, 7) is 4.50. The van der Waals surface area contributed by atoms with E-state index in [2.05, 4.69) is 29.6 Å². The molecular formula is C26H27FN2O6S2. The molecule has 37 heavy (non-hydrogen) atoms. The fourth-order valence-electron chi connectivity index (χ4n) is 4.09. The Morgan fingerprint density at radius 1 is 1.16 bits per heavy atom. The molecule has 0 saturated heterocycles. The van der Waals surface area contributed by atoms with Gasteiger partial charge in [-0.15, -0.1) is 11.3 Å². The summed E-state index contributed by atoms with van der Waals surface area (Å²) in [4.78, 5) is 15.5. The largest absolute Gasteiger partial charge is 0.496 e. The summed E-state index contributed by atoms with van der Waals surface area (Å²) in [7, 11) is -1.40. The lowest BCUT2D eigenvalue weighted by atomic mass is 9.77. The van der Waals surface area contributed by atoms with Crippen LogP contribution >= 0.6 is 11.3 Å². The molecule has 0 radical (unpaired) electrons. The van der Waals surface area contributed by atoms with Crippen LogP contribution in [-0.4, -0.2) is 38.7 Å². The number of aromatic carboxylic acids is 1. The van der Waals surface area contributed by atoms with Crippen LogP contribution in [0, 0.1) is 11.2 Å². The molecule has 0 unspecified atom stereocenters. The minimum absolute atomic E-state index is 0.140. The summed E-state index contributed by atoms with van der Waals surface area (Å²) in [5.41, 5.74) is 2.33. The first-order valence-corrected chi connectivity index (χ1v) is 13.8. The Morgan fingerprint density at radius 2 is 1.89 bits per heavy atom. The molecule has 4 rings (SSSR count). The average Bonchev–Trinajstić information content (AvgIpc) is 3.35. The Balaban J connectivity index is 1.61. The van der Waals surface area contributed by atoms with Crippen LogP contribution in [-0.2, 0) is 10.0 Å². The van der Waals surface area contributed by atoms with Crippen molar-refractivity contribution in [2.24, 2.45) is 5.41 Å². The summed E-state index contributed by atoms with van der Waals surface area (Å²) in [6, 6.07) is 7.35. The number of carboxylic acid groups (broad SMARTS) is 1. The highest BCUT2D eigenvalue weighted by atomic mass is 32.2. The van der Waals surface area contributed by atoms with E-state index in [0.717, 1.165) is 48.3 Å². The summed E-state index contributed by atoms with van der Waals surface area (Å²) in [5, 5.41) is 10.7. The monoisotopic (exact) mass is 546 g/mol. The highest BCUT2D eigenvalue weighted by Gasteiger charge is 2.25. The number of carbonyl (C=O) groups is 1. The standard InChI is InChI=1S/C26H27FN2O6S2/c1-26(2)9-7-15(8-10-26)17-6-5-16(11-21(17)34-3)24-28-23(14-36-24)37(32,33)29-20-13-19(27)18(25(30)31)12-22(20)35-4/h5-7,11-14,29H,8-10H2,1-4H3,(H,30,31). The second-order valence-corrected chi connectivity index (χ2v) is 11.9. The first-order valence-electron chi connectivity index (χ1n) is 11.4. The van der Waals surface area contributed by atoms with Crippen molar-refractivity contribution in [3.05, 3.63) is 58.7 Å². The van der Waals surface area contributed by atoms with Gasteiger partial charge in [-0.3, -0.25) is 4.72 Å². The Morgan fingerprint density at radius 3 is 2.51 bits per heavy atom. The summed E-state index contributed by atoms with van der Waals surface area (Å²) in [5.74, 6) is -2.06. The van der Waals surface area contributed by atoms with E-state index in [1.807, 2.05) is 18.2 Å². The van der Waals surface area contributed by atoms with Gasteiger partial charge in [0.2, 0.25) is 0 Å². The van der Waals surface area contributed by atoms with Crippen molar-refractivity contribution in [2.75, 3.05) is 18.9 Å². The predicted molar refractivity (Wildman–Crippen MR) is 140 cm³/mol. The number of aromatic nitrogens is 1. The molecule has 3 aromatic rings. The van der Waals surface area contributed by atoms with E-state index in [4.69, 9.17) is 14.6 Å². The van der Waals surface area contributed by atoms with Gasteiger partial charge in [-0.25, -0.2) is 14.2 Å². The Bertz CT molecular complexity index is 1490. The number of allylic oxidation sites excluding steroid dienone is 2. The number of thiazole rings is 1. The molecule has 0 amide bonds. The topological polar surface area (TPSA) is 115 Å². The maximum absolute atomic E-state index is 14.2. The second kappa shape index (κ2) is 10.1. The minimum Gasteiger partial charge on any atom is -0.496 e. The van der Waals surface area contributed by atoms with Crippen LogP contribution in [0.25, 0.3) is 16.1 Å². The molecule has 0 saturated carbocycles. The third-order valence-corrected chi connectivity index (χ3v) is 8.58. The second-order valence-electron chi connectivity index (χ2n) is 9.45. The van der Waals surface area contributed by atoms with E-state index in [0.29, 0.717) is 16.3 Å². The lowest BCUT2D eigenvalue weighted by Gasteiger charge is -2.29. The lowest BCUT2D eigenvalue weighted by Crippen LogP contribution is -2.15. The molecule has 196 valence electrons. The molecule has 0 spiro atoms. The van der Waals surface area contributed by atoms with E-state index in [9.17, 15) is 17.6 Å². The molecule has 8 nitrogen and oxygen atoms in total. The number of hydrogen-bond donors (Lipinski definition) is 2. The van der Waals surface area contributed by atoms with Crippen LogP contribution < -0.4 is 14.2 Å². The van der Waals surface area contributed by atoms with Crippen molar-refractivity contribution in [1.82, 2.24) is 4.98 Å². The highest BCUT2D eigenvalue weighted by Crippen LogP contribution is 2.41. The van der Waals surface area contributed by atoms with Crippen molar-refractivity contribution in [2.45, 2.75) is 38.1 Å². The Kier molecular flexibility index (Phi) is 7.29. The molecule has 1 aliphatic rings. The molecule has 2 N–H and O–H groups in total. The molecule has 1 aliphatic carbocycles. The first kappa shape index (κ1) is 26.6. The van der Waals surface area contributed by atoms with Crippen LogP contribution in [0.3, 0.4) is 0 Å². The molecule has 1 aromatic heterocycles. The van der Waals surface area contributed by atoms with Crippen molar-refractivity contribution >= 4 is 38.6 Å². The highest BCUT2D eigenvalue weighted by molar-refractivity contribution is 7.92. The van der Waals surface area contributed by atoms with Gasteiger partial charge in [0.25, 0.3) is 10.0 Å². The smallest absolute Gasteiger partial charge is 0.338 e. The summed E-state index contributed by atoms with van der Waals surface area (Å²) in [6.07, 6.45) is 5.27. The predicted octanol–water partition coefficient (Wildman–Crippen LogP) is 6.06. The average molecular weight is 547 g/mol. The molecule has 1 heterocycles. The van der Waals surface area contributed by atoms with Gasteiger partial charge < -0.3 is 14.6 Å². The van der Waals surface area contributed by atoms with Gasteiger partial charge in [0.15, 0.2) is 5.03 Å². The maximum atomic E-state index is 14.2. The van der Waals surface area contributed by atoms with E-state index in [1.165, 1.54) is 18.1 Å². The Hall–Kier alpha value is -3.44. The number of nitrogens with zero attached hydrogens (tertiary/aromatic N) is 1. The normalized spacial score (nSPS) is 15.1. The van der Waals surface area contributed by atoms with Crippen molar-refractivity contribution < 1.29 is 32.2 Å². The lowest BCUT2D eigenvalue weighted by molar-refractivity contribution is 0.0691. The van der Waals surface area contributed by atoms with Gasteiger partial charge in [-0.2, -0.15) is 8.42 Å². The van der Waals surface area contributed by atoms with Gasteiger partial charge in [0.05, 0.1) is 25.5 Å². The van der Waals surface area contributed by atoms with E-state index in [1.54, 1.807) is 7.11 Å². The van der Waals surface area contributed by atoms with Gasteiger partial charge in [0, 0.05) is 22.6 Å². The van der Waals surface area contributed by atoms with Crippen molar-refractivity contribution in [1.29, 1.82) is 0 Å². The number of anilines is 1. The molecule has 0 fully saturated rings. The van der Waals surface area contributed by atoms with Crippen LogP contribution in [0.15, 0.2) is 46.8 Å². The number of benzene rings is 2. The van der Waals surface area contributed by atoms with Crippen molar-refractivity contribution in [3.8, 4) is 22.1 Å². The van der Waals surface area contributed by atoms with Gasteiger partial charge >= 0.3 is 5.97 Å². The molecule has 0 aliphatic heterocycles. The zero-order valence-electron chi connectivity index (χ0n) is 20.8. The first-order chi connectivity index (χ1) is 17.4. The molecule has 0 atom stereocenters. The number of hydrogen-bond acceptors (Lipinski definition) is 7. The fourth-order valence-corrected chi connectivity index (χ4v) is 6.24. The maximum Gasteiger partial charge on any atom is 0.338 e. The number of ether oxygens (including phenoxy) is 2. The van der Waals surface area contributed by atoms with Crippen LogP contribution in [0.4, 0.5) is 10.1 Å². The molecular weight excluding hydrogens is 519 g/mol. The van der Waals surface area contributed by atoms with Gasteiger partial charge in [-0.1, -0.05) is 32.1 Å². The fraction of sp³-hybridized carbons (Fsp3) is 0.308. The number of methoxy groups -OCH3 is 2. The zero-order valence-corrected chi connectivity index (χ0v) is 22.4. The van der Waals surface area contributed by atoms with Gasteiger partial charge in [0.1, 0.15) is 22.3 Å². The summed E-state index contributed by atoms with van der Waals surface area (Å²) < 4.78 is 53.1. The van der Waals surface area contributed by atoms with Crippen LogP contribution in [0.5, 0.6) is 11.5 Å². The van der Waals surface area contributed by atoms with E-state index >= 15 is 0 Å². The van der Waals surface area contributed by atoms with Gasteiger partial charge in [-0.05, 0) is 42.4 Å². The summed E-state index contributed by atoms with van der Waals surface area (Å²) >= 11 is 1.14. The Labute approximate surface area is 218 Å². The molecule has 2 aromatic carbocycles. The number of carboxylic acids is 1. The van der Waals surface area contributed by atoms with Crippen LogP contribution in [0.2, 0.25) is 0 Å². The number of rotatable bonds is 8. The quantitative estimate of drug-likeness (QED) is 0.353. The molecule has 0 bridgehead atoms. The van der Waals surface area contributed by atoms with E-state index in [-0.39, 0.29) is 21.9 Å². The minimum atomic E-state index is -4.22. The third-order valence-electron chi connectivity index (χ3n) is 6.29. The number of nitrogens with one attached hydrogen (secondary N) is 1. The third kappa shape index (κ3) is 5.62. The molecule has 11 heteroatoms. The van der Waals surface area contributed by atoms with Crippen LogP contribution in [0.1, 0.15) is 49.0 Å². The SMILES string of the molecule is COc1cc(C(=O)O)c(F)cc1NS(=O)(=O)c1csc(-c2ccc(C3=CCC(C)(C)CC3)c(OC)c2)n1. The number of sulfonamides is 1.